The molecule has 0 amide bonds. The topological polar surface area (TPSA) is 137 Å². The summed E-state index contributed by atoms with van der Waals surface area (Å²) in [6.45, 7) is 0. The Hall–Kier alpha value is -4.95. The van der Waals surface area contributed by atoms with E-state index in [1.54, 1.807) is 48.5 Å². The molecule has 4 aromatic carbocycles. The Labute approximate surface area is 224 Å². The number of aromatic hydroxyl groups is 5. The lowest BCUT2D eigenvalue weighted by atomic mass is 9.82. The van der Waals surface area contributed by atoms with Gasteiger partial charge < -0.3 is 35.0 Å². The van der Waals surface area contributed by atoms with Gasteiger partial charge in [0.2, 0.25) is 0 Å². The quantitative estimate of drug-likeness (QED) is 0.152. The van der Waals surface area contributed by atoms with Gasteiger partial charge in [-0.3, -0.25) is 4.79 Å². The first-order valence-corrected chi connectivity index (χ1v) is 12.1. The van der Waals surface area contributed by atoms with E-state index in [2.05, 4.69) is 0 Å². The van der Waals surface area contributed by atoms with E-state index >= 15 is 0 Å². The molecule has 3 atom stereocenters. The second-order valence-electron chi connectivity index (χ2n) is 9.25. The molecule has 1 aliphatic rings. The maximum absolute atomic E-state index is 12.7. The highest BCUT2D eigenvalue weighted by Gasteiger charge is 2.42. The zero-order valence-electron chi connectivity index (χ0n) is 20.9. The number of hydrogen-bond acceptors (Lipinski definition) is 8. The fourth-order valence-electron chi connectivity index (χ4n) is 4.90. The van der Waals surface area contributed by atoms with E-state index in [1.807, 2.05) is 6.07 Å². The molecular weight excluding hydrogens is 500 g/mol. The predicted molar refractivity (Wildman–Crippen MR) is 143 cm³/mol. The van der Waals surface area contributed by atoms with Crippen molar-refractivity contribution < 1.29 is 39.8 Å². The van der Waals surface area contributed by atoms with Crippen LogP contribution in [0.4, 0.5) is 0 Å². The first kappa shape index (κ1) is 25.7. The lowest BCUT2D eigenvalue weighted by Crippen LogP contribution is -2.19. The number of benzene rings is 4. The fraction of sp³-hybridized carbons (Fsp3) is 0.129. The number of phenolic OH excluding ortho intramolecular Hbond substituents is 5. The minimum Gasteiger partial charge on any atom is -0.508 e. The summed E-state index contributed by atoms with van der Waals surface area (Å²) in [6, 6.07) is 20.2. The number of hydrogen-bond donors (Lipinski definition) is 5. The van der Waals surface area contributed by atoms with Gasteiger partial charge in [-0.2, -0.15) is 0 Å². The number of methoxy groups -OCH3 is 1. The molecule has 0 aromatic heterocycles. The maximum Gasteiger partial charge on any atom is 0.189 e. The van der Waals surface area contributed by atoms with Crippen LogP contribution < -0.4 is 4.74 Å². The Morgan fingerprint density at radius 1 is 0.821 bits per heavy atom. The highest BCUT2D eigenvalue weighted by molar-refractivity contribution is 6.08. The van der Waals surface area contributed by atoms with Crippen LogP contribution in [0.3, 0.4) is 0 Å². The van der Waals surface area contributed by atoms with Gasteiger partial charge in [-0.25, -0.2) is 0 Å². The smallest absolute Gasteiger partial charge is 0.189 e. The molecule has 0 aliphatic carbocycles. The number of ketones is 1. The van der Waals surface area contributed by atoms with Crippen LogP contribution in [-0.4, -0.2) is 38.4 Å². The molecule has 0 saturated heterocycles. The fourth-order valence-corrected chi connectivity index (χ4v) is 4.90. The van der Waals surface area contributed by atoms with Crippen molar-refractivity contribution in [3.05, 3.63) is 113 Å². The molecule has 0 spiro atoms. The van der Waals surface area contributed by atoms with Crippen LogP contribution in [0.1, 0.15) is 50.7 Å². The van der Waals surface area contributed by atoms with Crippen LogP contribution in [-0.2, 0) is 4.74 Å². The molecule has 4 aromatic rings. The molecule has 0 saturated carbocycles. The molecule has 8 nitrogen and oxygen atoms in total. The van der Waals surface area contributed by atoms with Crippen molar-refractivity contribution in [1.82, 2.24) is 0 Å². The molecule has 39 heavy (non-hydrogen) atoms. The number of fused-ring (bicyclic) bond motifs is 1. The number of ether oxygens (including phenoxy) is 2. The summed E-state index contributed by atoms with van der Waals surface area (Å²) >= 11 is 0. The predicted octanol–water partition coefficient (Wildman–Crippen LogP) is 5.72. The van der Waals surface area contributed by atoms with Gasteiger partial charge in [0.05, 0.1) is 17.6 Å². The van der Waals surface area contributed by atoms with Gasteiger partial charge in [-0.1, -0.05) is 24.3 Å². The second-order valence-corrected chi connectivity index (χ2v) is 9.25. The third-order valence-corrected chi connectivity index (χ3v) is 6.77. The summed E-state index contributed by atoms with van der Waals surface area (Å²) in [4.78, 5) is 12.7. The number of allylic oxidation sites excluding steroid dienone is 1. The van der Waals surface area contributed by atoms with Crippen LogP contribution in [0.2, 0.25) is 0 Å². The van der Waals surface area contributed by atoms with E-state index in [4.69, 9.17) is 9.47 Å². The summed E-state index contributed by atoms with van der Waals surface area (Å²) in [7, 11) is 1.52. The van der Waals surface area contributed by atoms with Crippen LogP contribution in [0, 0.1) is 0 Å². The Morgan fingerprint density at radius 3 is 2.15 bits per heavy atom. The monoisotopic (exact) mass is 526 g/mol. The highest BCUT2D eigenvalue weighted by atomic mass is 16.5. The Balaban J connectivity index is 1.54. The van der Waals surface area contributed by atoms with Gasteiger partial charge in [-0.05, 0) is 65.7 Å². The van der Waals surface area contributed by atoms with Crippen LogP contribution >= 0.6 is 0 Å². The van der Waals surface area contributed by atoms with Crippen molar-refractivity contribution in [2.75, 3.05) is 7.11 Å². The molecule has 1 heterocycles. The minimum absolute atomic E-state index is 0.0565. The number of rotatable bonds is 7. The Bertz CT molecular complexity index is 1560. The van der Waals surface area contributed by atoms with E-state index in [-0.39, 0.29) is 34.3 Å². The lowest BCUT2D eigenvalue weighted by Gasteiger charge is -2.28. The minimum atomic E-state index is -0.680. The maximum atomic E-state index is 12.7. The number of carbonyl (C=O) groups is 1. The molecule has 3 unspecified atom stereocenters. The Kier molecular flexibility index (Phi) is 6.87. The first-order valence-electron chi connectivity index (χ1n) is 12.1. The van der Waals surface area contributed by atoms with Gasteiger partial charge in [0.15, 0.2) is 5.78 Å². The van der Waals surface area contributed by atoms with Crippen LogP contribution in [0.25, 0.3) is 6.08 Å². The van der Waals surface area contributed by atoms with Crippen molar-refractivity contribution >= 4 is 11.9 Å². The van der Waals surface area contributed by atoms with E-state index in [0.717, 1.165) is 17.2 Å². The van der Waals surface area contributed by atoms with Crippen molar-refractivity contribution in [1.29, 1.82) is 0 Å². The molecule has 0 radical (unpaired) electrons. The van der Waals surface area contributed by atoms with E-state index < -0.39 is 23.9 Å². The lowest BCUT2D eigenvalue weighted by molar-refractivity contribution is 0.0436. The molecule has 5 N–H and O–H groups in total. The van der Waals surface area contributed by atoms with E-state index in [1.165, 1.54) is 37.5 Å². The highest BCUT2D eigenvalue weighted by Crippen LogP contribution is 2.54. The largest absolute Gasteiger partial charge is 0.508 e. The third kappa shape index (κ3) is 5.10. The van der Waals surface area contributed by atoms with Gasteiger partial charge in [0, 0.05) is 30.4 Å². The molecular formula is C31H26O8. The van der Waals surface area contributed by atoms with Gasteiger partial charge in [0.1, 0.15) is 40.6 Å². The van der Waals surface area contributed by atoms with Gasteiger partial charge in [-0.15, -0.1) is 0 Å². The van der Waals surface area contributed by atoms with E-state index in [9.17, 15) is 30.3 Å². The molecule has 5 rings (SSSR count). The van der Waals surface area contributed by atoms with Crippen molar-refractivity contribution in [3.63, 3.8) is 0 Å². The molecule has 8 heteroatoms. The van der Waals surface area contributed by atoms with Gasteiger partial charge in [0.25, 0.3) is 0 Å². The van der Waals surface area contributed by atoms with Crippen molar-refractivity contribution in [2.24, 2.45) is 0 Å². The standard InChI is InChI=1S/C31H26O8/c1-38-31(23-11-9-21(34)16-27(23)37)29-24-14-17(2-12-25(35)22-10-8-20(33)15-26(22)36)3-13-28(24)39-30(29)18-4-6-19(32)7-5-18/h2-16,29-34,36-37H,1H3. The van der Waals surface area contributed by atoms with Crippen molar-refractivity contribution in [2.45, 2.75) is 18.1 Å². The zero-order chi connectivity index (χ0) is 27.7. The summed E-state index contributed by atoms with van der Waals surface area (Å²) < 4.78 is 12.3. The van der Waals surface area contributed by atoms with Crippen LogP contribution in [0.5, 0.6) is 34.5 Å². The molecule has 0 fully saturated rings. The summed E-state index contributed by atoms with van der Waals surface area (Å²) in [5, 5.41) is 49.8. The first-order chi connectivity index (χ1) is 18.7. The molecule has 198 valence electrons. The summed E-state index contributed by atoms with van der Waals surface area (Å²) in [5.74, 6) is -0.855. The van der Waals surface area contributed by atoms with Crippen LogP contribution in [0.15, 0.2) is 84.9 Å². The average molecular weight is 527 g/mol. The second kappa shape index (κ2) is 10.4. The third-order valence-electron chi connectivity index (χ3n) is 6.77. The molecule has 0 bridgehead atoms. The summed E-state index contributed by atoms with van der Waals surface area (Å²) in [5.41, 5.74) is 2.75. The summed E-state index contributed by atoms with van der Waals surface area (Å²) in [6.07, 6.45) is 1.73. The molecule has 1 aliphatic heterocycles. The zero-order valence-corrected chi connectivity index (χ0v) is 20.9. The average Bonchev–Trinajstić information content (AvgIpc) is 3.28. The SMILES string of the molecule is COC(c1ccc(O)cc1O)C1c2cc(C=CC(=O)c3ccc(O)cc3O)ccc2OC1c1ccc(O)cc1. The number of phenols is 5. The van der Waals surface area contributed by atoms with Gasteiger partial charge >= 0.3 is 0 Å². The number of carbonyl (C=O) groups excluding carboxylic acids is 1. The normalized spacial score (nSPS) is 17.1. The Morgan fingerprint density at radius 2 is 1.49 bits per heavy atom. The van der Waals surface area contributed by atoms with Crippen molar-refractivity contribution in [3.8, 4) is 34.5 Å². The van der Waals surface area contributed by atoms with E-state index in [0.29, 0.717) is 16.9 Å².